The maximum absolute atomic E-state index is 12.1. The molecule has 5 rings (SSSR count). The number of rotatable bonds is 9. The first kappa shape index (κ1) is 25.5. The fraction of sp³-hybridized carbons (Fsp3) is 0.345. The number of methoxy groups -OCH3 is 2. The van der Waals surface area contributed by atoms with Gasteiger partial charge in [0, 0.05) is 67.7 Å². The fourth-order valence-corrected chi connectivity index (χ4v) is 5.13. The first-order valence-electron chi connectivity index (χ1n) is 12.9. The molecule has 1 amide bonds. The Hall–Kier alpha value is -4.11. The first-order valence-corrected chi connectivity index (χ1v) is 12.9. The number of aromatic nitrogens is 3. The normalized spacial score (nSPS) is 15.9. The number of carbonyl (C=O) groups is 1. The van der Waals surface area contributed by atoms with Gasteiger partial charge in [0.1, 0.15) is 11.5 Å². The molecular weight excluding hydrogens is 480 g/mol. The van der Waals surface area contributed by atoms with Crippen LogP contribution in [0.4, 0.5) is 11.4 Å². The first-order chi connectivity index (χ1) is 18.4. The van der Waals surface area contributed by atoms with Gasteiger partial charge in [0.05, 0.1) is 43.2 Å². The largest absolute Gasteiger partial charge is 0.497 e. The highest BCUT2D eigenvalue weighted by Gasteiger charge is 2.27. The monoisotopic (exact) mass is 514 g/mol. The lowest BCUT2D eigenvalue weighted by molar-refractivity contribution is -0.124. The van der Waals surface area contributed by atoms with Crippen LogP contribution in [-0.4, -0.2) is 65.2 Å². The van der Waals surface area contributed by atoms with E-state index in [-0.39, 0.29) is 11.9 Å². The van der Waals surface area contributed by atoms with Gasteiger partial charge in [-0.15, -0.1) is 0 Å². The minimum atomic E-state index is -0.256. The highest BCUT2D eigenvalue weighted by molar-refractivity contribution is 5.83. The number of likely N-dealkylation sites (tertiary alicyclic amines) is 1. The van der Waals surface area contributed by atoms with Crippen molar-refractivity contribution in [3.05, 3.63) is 61.1 Å². The van der Waals surface area contributed by atoms with Gasteiger partial charge in [-0.05, 0) is 43.7 Å². The van der Waals surface area contributed by atoms with Gasteiger partial charge < -0.3 is 24.7 Å². The van der Waals surface area contributed by atoms with Gasteiger partial charge in [0.15, 0.2) is 0 Å². The molecule has 1 fully saturated rings. The number of piperidine rings is 1. The zero-order valence-electron chi connectivity index (χ0n) is 22.1. The molecule has 1 unspecified atom stereocenters. The highest BCUT2D eigenvalue weighted by Crippen LogP contribution is 2.34. The number of benzene rings is 2. The molecule has 3 heterocycles. The molecule has 38 heavy (non-hydrogen) atoms. The third-order valence-electron chi connectivity index (χ3n) is 7.17. The number of anilines is 2. The summed E-state index contributed by atoms with van der Waals surface area (Å²) in [4.78, 5) is 26.1. The Bertz CT molecular complexity index is 1410. The molecule has 0 spiro atoms. The number of hydrogen-bond acceptors (Lipinski definition) is 7. The number of fused-ring (bicyclic) bond motifs is 1. The lowest BCUT2D eigenvalue weighted by atomic mass is 10.0. The second kappa shape index (κ2) is 11.1. The number of nitrogens with zero attached hydrogens (tertiary/aromatic N) is 5. The number of primary amides is 1. The highest BCUT2D eigenvalue weighted by atomic mass is 16.5. The molecule has 0 aliphatic carbocycles. The zero-order valence-corrected chi connectivity index (χ0v) is 22.1. The lowest BCUT2D eigenvalue weighted by Gasteiger charge is -2.36. The van der Waals surface area contributed by atoms with Crippen LogP contribution in [0, 0.1) is 0 Å². The Morgan fingerprint density at radius 1 is 1.05 bits per heavy atom. The van der Waals surface area contributed by atoms with E-state index in [9.17, 15) is 4.79 Å². The van der Waals surface area contributed by atoms with Crippen molar-refractivity contribution in [3.63, 3.8) is 0 Å². The van der Waals surface area contributed by atoms with Gasteiger partial charge in [-0.1, -0.05) is 6.42 Å². The van der Waals surface area contributed by atoms with Crippen molar-refractivity contribution in [2.75, 3.05) is 38.8 Å². The summed E-state index contributed by atoms with van der Waals surface area (Å²) in [6, 6.07) is 13.7. The average molecular weight is 515 g/mol. The molecule has 1 atom stereocenters. The molecule has 9 heteroatoms. The Balaban J connectivity index is 1.53. The summed E-state index contributed by atoms with van der Waals surface area (Å²) in [5.41, 5.74) is 11.1. The van der Waals surface area contributed by atoms with E-state index >= 15 is 0 Å². The standard InChI is InChI=1S/C29H34N6O3/c1-33-11-9-20(19-33)27-18-31-25-8-7-21(16-26(25)32-27)35(22-14-23(37-2)17-24(15-22)38-3)13-12-34-10-5-4-6-28(34)29(30)36/h7-9,11,14-19,28H,4-6,10,12-13H2,1-3H3,(H2,30,36). The molecule has 9 nitrogen and oxygen atoms in total. The molecular formula is C29H34N6O3. The Morgan fingerprint density at radius 2 is 1.84 bits per heavy atom. The molecule has 2 aromatic heterocycles. The summed E-state index contributed by atoms with van der Waals surface area (Å²) in [5.74, 6) is 1.14. The van der Waals surface area contributed by atoms with E-state index in [1.54, 1.807) is 14.2 Å². The van der Waals surface area contributed by atoms with Crippen molar-refractivity contribution >= 4 is 28.3 Å². The van der Waals surface area contributed by atoms with E-state index in [0.717, 1.165) is 59.5 Å². The summed E-state index contributed by atoms with van der Waals surface area (Å²) in [6.45, 7) is 2.17. The van der Waals surface area contributed by atoms with Crippen molar-refractivity contribution in [1.29, 1.82) is 0 Å². The van der Waals surface area contributed by atoms with Crippen LogP contribution in [0.5, 0.6) is 11.5 Å². The summed E-state index contributed by atoms with van der Waals surface area (Å²) in [5, 5.41) is 0. The van der Waals surface area contributed by atoms with E-state index < -0.39 is 0 Å². The van der Waals surface area contributed by atoms with Crippen LogP contribution in [0.15, 0.2) is 61.1 Å². The van der Waals surface area contributed by atoms with Crippen LogP contribution in [0.1, 0.15) is 19.3 Å². The van der Waals surface area contributed by atoms with Gasteiger partial charge >= 0.3 is 0 Å². The van der Waals surface area contributed by atoms with Crippen LogP contribution >= 0.6 is 0 Å². The smallest absolute Gasteiger partial charge is 0.234 e. The number of carbonyl (C=O) groups excluding carboxylic acids is 1. The topological polar surface area (TPSA) is 98.7 Å². The molecule has 0 bridgehead atoms. The average Bonchev–Trinajstić information content (AvgIpc) is 3.38. The van der Waals surface area contributed by atoms with Crippen LogP contribution in [-0.2, 0) is 11.8 Å². The number of nitrogens with two attached hydrogens (primary N) is 1. The van der Waals surface area contributed by atoms with Gasteiger partial charge in [-0.3, -0.25) is 14.7 Å². The lowest BCUT2D eigenvalue weighted by Crippen LogP contribution is -2.49. The number of ether oxygens (including phenoxy) is 2. The second-order valence-corrected chi connectivity index (χ2v) is 9.67. The van der Waals surface area contributed by atoms with E-state index in [2.05, 4.69) is 20.9 Å². The number of hydrogen-bond donors (Lipinski definition) is 1. The summed E-state index contributed by atoms with van der Waals surface area (Å²) >= 11 is 0. The van der Waals surface area contributed by atoms with Crippen LogP contribution in [0.2, 0.25) is 0 Å². The quantitative estimate of drug-likeness (QED) is 0.359. The van der Waals surface area contributed by atoms with Gasteiger partial charge in [0.2, 0.25) is 5.91 Å². The SMILES string of the molecule is COc1cc(OC)cc(N(CCN2CCCCC2C(N)=O)c2ccc3ncc(-c4ccn(C)c4)nc3c2)c1. The Labute approximate surface area is 222 Å². The van der Waals surface area contributed by atoms with Crippen molar-refractivity contribution in [2.45, 2.75) is 25.3 Å². The molecule has 1 aliphatic heterocycles. The van der Waals surface area contributed by atoms with Crippen molar-refractivity contribution in [1.82, 2.24) is 19.4 Å². The molecule has 2 aromatic carbocycles. The summed E-state index contributed by atoms with van der Waals surface area (Å²) < 4.78 is 13.1. The Morgan fingerprint density at radius 3 is 2.53 bits per heavy atom. The molecule has 4 aromatic rings. The predicted octanol–water partition coefficient (Wildman–Crippen LogP) is 4.13. The second-order valence-electron chi connectivity index (χ2n) is 9.67. The number of aryl methyl sites for hydroxylation is 1. The minimum absolute atomic E-state index is 0.235. The van der Waals surface area contributed by atoms with Crippen molar-refractivity contribution < 1.29 is 14.3 Å². The zero-order chi connectivity index (χ0) is 26.6. The maximum atomic E-state index is 12.1. The van der Waals surface area contributed by atoms with Crippen LogP contribution in [0.3, 0.4) is 0 Å². The minimum Gasteiger partial charge on any atom is -0.497 e. The van der Waals surface area contributed by atoms with E-state index in [0.29, 0.717) is 24.6 Å². The molecule has 0 radical (unpaired) electrons. The van der Waals surface area contributed by atoms with Crippen LogP contribution in [0.25, 0.3) is 22.3 Å². The van der Waals surface area contributed by atoms with E-state index in [4.69, 9.17) is 20.2 Å². The van der Waals surface area contributed by atoms with E-state index in [1.807, 2.05) is 66.6 Å². The predicted molar refractivity (Wildman–Crippen MR) is 149 cm³/mol. The molecule has 1 aliphatic rings. The summed E-state index contributed by atoms with van der Waals surface area (Å²) in [7, 11) is 5.27. The van der Waals surface area contributed by atoms with Gasteiger partial charge in [0.25, 0.3) is 0 Å². The van der Waals surface area contributed by atoms with Gasteiger partial charge in [-0.25, -0.2) is 4.98 Å². The fourth-order valence-electron chi connectivity index (χ4n) is 5.13. The van der Waals surface area contributed by atoms with Gasteiger partial charge in [-0.2, -0.15) is 0 Å². The third-order valence-corrected chi connectivity index (χ3v) is 7.17. The van der Waals surface area contributed by atoms with Crippen molar-refractivity contribution in [3.8, 4) is 22.8 Å². The Kier molecular flexibility index (Phi) is 7.46. The third kappa shape index (κ3) is 5.43. The summed E-state index contributed by atoms with van der Waals surface area (Å²) in [6.07, 6.45) is 8.72. The maximum Gasteiger partial charge on any atom is 0.234 e. The molecule has 1 saturated heterocycles. The molecule has 0 saturated carbocycles. The van der Waals surface area contributed by atoms with Crippen LogP contribution < -0.4 is 20.1 Å². The number of amides is 1. The van der Waals surface area contributed by atoms with E-state index in [1.165, 1.54) is 0 Å². The van der Waals surface area contributed by atoms with Crippen molar-refractivity contribution in [2.24, 2.45) is 12.8 Å². The molecule has 2 N–H and O–H groups in total. The molecule has 198 valence electrons.